The van der Waals surface area contributed by atoms with Crippen LogP contribution in [0.5, 0.6) is 34.5 Å². The average molecular weight is 431 g/mol. The van der Waals surface area contributed by atoms with Crippen LogP contribution in [0.4, 0.5) is 0 Å². The van der Waals surface area contributed by atoms with Crippen LogP contribution in [0.15, 0.2) is 39.7 Å². The third-order valence-electron chi connectivity index (χ3n) is 4.31. The van der Waals surface area contributed by atoms with Crippen molar-refractivity contribution in [3.63, 3.8) is 0 Å². The highest BCUT2D eigenvalue weighted by Gasteiger charge is 2.17. The normalized spacial score (nSPS) is 11.8. The van der Waals surface area contributed by atoms with Gasteiger partial charge in [0.15, 0.2) is 23.0 Å². The molecule has 2 aromatic carbocycles. The minimum Gasteiger partial charge on any atom is -0.504 e. The molecule has 0 unspecified atom stereocenters. The Morgan fingerprint density at radius 1 is 0.967 bits per heavy atom. The van der Waals surface area contributed by atoms with Crippen LogP contribution >= 0.6 is 11.3 Å². The Morgan fingerprint density at radius 2 is 1.63 bits per heavy atom. The number of benzene rings is 2. The van der Waals surface area contributed by atoms with Gasteiger partial charge in [-0.1, -0.05) is 0 Å². The number of phenols is 3. The maximum Gasteiger partial charge on any atom is 0.205 e. The highest BCUT2D eigenvalue weighted by molar-refractivity contribution is 7.07. The topological polar surface area (TPSA) is 118 Å². The molecule has 0 aliphatic rings. The quantitative estimate of drug-likeness (QED) is 0.408. The highest BCUT2D eigenvalue weighted by Crippen LogP contribution is 2.41. The first-order chi connectivity index (χ1) is 14.4. The number of thiazole rings is 1. The highest BCUT2D eigenvalue weighted by atomic mass is 32.1. The fraction of sp³-hybridized carbons (Fsp3) is 0.200. The molecule has 1 aromatic heterocycles. The zero-order valence-electron chi connectivity index (χ0n) is 16.8. The first kappa shape index (κ1) is 21.1. The lowest BCUT2D eigenvalue weighted by Gasteiger charge is -2.14. The number of rotatable bonds is 6. The molecule has 0 amide bonds. The van der Waals surface area contributed by atoms with Crippen LogP contribution in [-0.4, -0.2) is 54.6 Å². The summed E-state index contributed by atoms with van der Waals surface area (Å²) in [5, 5.41) is 35.5. The third-order valence-corrected chi connectivity index (χ3v) is 5.22. The Hall–Kier alpha value is -3.66. The molecule has 0 radical (unpaired) electrons. The number of methoxy groups -OCH3 is 3. The van der Waals surface area contributed by atoms with E-state index in [1.54, 1.807) is 23.9 Å². The Morgan fingerprint density at radius 3 is 2.20 bits per heavy atom. The summed E-state index contributed by atoms with van der Waals surface area (Å²) < 4.78 is 17.8. The smallest absolute Gasteiger partial charge is 0.205 e. The van der Waals surface area contributed by atoms with Crippen molar-refractivity contribution < 1.29 is 29.5 Å². The van der Waals surface area contributed by atoms with Crippen LogP contribution in [0.1, 0.15) is 5.56 Å². The zero-order chi connectivity index (χ0) is 21.8. The standard InChI is InChI=1S/C20H21N3O6S/c1-21-20-23(22-9-11-5-6-14(24)18(26)17(11)25)13(10-30-20)12-7-15(27-2)19(29-4)16(8-12)28-3/h5-10,24-26H,1-4H3. The fourth-order valence-corrected chi connectivity index (χ4v) is 3.60. The molecule has 3 N–H and O–H groups in total. The van der Waals surface area contributed by atoms with E-state index in [1.807, 2.05) is 5.38 Å². The lowest BCUT2D eigenvalue weighted by Crippen LogP contribution is -2.11. The molecule has 0 aliphatic heterocycles. The van der Waals surface area contributed by atoms with Gasteiger partial charge in [-0.15, -0.1) is 11.3 Å². The number of hydrogen-bond donors (Lipinski definition) is 3. The van der Waals surface area contributed by atoms with Gasteiger partial charge in [-0.25, -0.2) is 4.68 Å². The van der Waals surface area contributed by atoms with E-state index in [0.717, 1.165) is 5.56 Å². The van der Waals surface area contributed by atoms with Gasteiger partial charge in [0.1, 0.15) is 0 Å². The maximum absolute atomic E-state index is 10.0. The van der Waals surface area contributed by atoms with Crippen LogP contribution in [-0.2, 0) is 0 Å². The third kappa shape index (κ3) is 3.77. The number of phenolic OH excluding ortho intramolecular Hbond substituents is 3. The fourth-order valence-electron chi connectivity index (χ4n) is 2.80. The van der Waals surface area contributed by atoms with Crippen LogP contribution in [0.25, 0.3) is 11.3 Å². The number of nitrogens with zero attached hydrogens (tertiary/aromatic N) is 3. The largest absolute Gasteiger partial charge is 0.504 e. The molecule has 9 nitrogen and oxygen atoms in total. The average Bonchev–Trinajstić information content (AvgIpc) is 3.18. The van der Waals surface area contributed by atoms with Gasteiger partial charge in [0, 0.05) is 23.6 Å². The molecule has 3 rings (SSSR count). The summed E-state index contributed by atoms with van der Waals surface area (Å²) in [5.41, 5.74) is 1.66. The first-order valence-corrected chi connectivity index (χ1v) is 9.55. The summed E-state index contributed by atoms with van der Waals surface area (Å²) in [6.07, 6.45) is 1.36. The second-order valence-corrected chi connectivity index (χ2v) is 6.81. The zero-order valence-corrected chi connectivity index (χ0v) is 17.6. The van der Waals surface area contributed by atoms with Gasteiger partial charge in [-0.2, -0.15) is 5.10 Å². The van der Waals surface area contributed by atoms with Gasteiger partial charge in [0.25, 0.3) is 0 Å². The monoisotopic (exact) mass is 431 g/mol. The Kier molecular flexibility index (Phi) is 6.17. The van der Waals surface area contributed by atoms with Crippen LogP contribution in [0.2, 0.25) is 0 Å². The van der Waals surface area contributed by atoms with Crippen molar-refractivity contribution in [1.29, 1.82) is 0 Å². The molecule has 0 atom stereocenters. The van der Waals surface area contributed by atoms with Gasteiger partial charge >= 0.3 is 0 Å². The van der Waals surface area contributed by atoms with E-state index in [4.69, 9.17) is 14.2 Å². The lowest BCUT2D eigenvalue weighted by molar-refractivity contribution is 0.324. The van der Waals surface area contributed by atoms with E-state index in [-0.39, 0.29) is 5.56 Å². The molecule has 10 heteroatoms. The second kappa shape index (κ2) is 8.78. The molecule has 0 fully saturated rings. The number of aromatic nitrogens is 1. The van der Waals surface area contributed by atoms with Crippen molar-refractivity contribution in [2.24, 2.45) is 10.1 Å². The Bertz CT molecular complexity index is 1140. The summed E-state index contributed by atoms with van der Waals surface area (Å²) in [4.78, 5) is 4.83. The molecule has 158 valence electrons. The van der Waals surface area contributed by atoms with E-state index in [0.29, 0.717) is 27.7 Å². The van der Waals surface area contributed by atoms with Crippen LogP contribution < -0.4 is 19.0 Å². The molecule has 3 aromatic rings. The van der Waals surface area contributed by atoms with Crippen molar-refractivity contribution in [1.82, 2.24) is 4.68 Å². The number of aromatic hydroxyl groups is 3. The van der Waals surface area contributed by atoms with Gasteiger partial charge in [0.05, 0.1) is 33.2 Å². The molecular formula is C20H21N3O6S. The van der Waals surface area contributed by atoms with Crippen molar-refractivity contribution in [2.75, 3.05) is 28.4 Å². The Labute approximate surface area is 176 Å². The van der Waals surface area contributed by atoms with Crippen molar-refractivity contribution in [3.8, 4) is 45.8 Å². The summed E-state index contributed by atoms with van der Waals surface area (Å²) in [6.45, 7) is 0. The summed E-state index contributed by atoms with van der Waals surface area (Å²) in [7, 11) is 6.24. The molecule has 0 saturated heterocycles. The SMILES string of the molecule is CN=c1scc(-c2cc(OC)c(OC)c(OC)c2)n1N=Cc1ccc(O)c(O)c1O. The minimum absolute atomic E-state index is 0.224. The van der Waals surface area contributed by atoms with Gasteiger partial charge in [-0.3, -0.25) is 4.99 Å². The Balaban J connectivity index is 2.15. The van der Waals surface area contributed by atoms with E-state index < -0.39 is 17.2 Å². The molecule has 0 spiro atoms. The van der Waals surface area contributed by atoms with E-state index >= 15 is 0 Å². The molecular weight excluding hydrogens is 410 g/mol. The molecule has 1 heterocycles. The molecule has 0 bridgehead atoms. The second-order valence-electron chi connectivity index (χ2n) is 5.97. The summed E-state index contributed by atoms with van der Waals surface area (Å²) >= 11 is 1.37. The van der Waals surface area contributed by atoms with Crippen LogP contribution in [0.3, 0.4) is 0 Å². The molecule has 0 saturated carbocycles. The summed E-state index contributed by atoms with van der Waals surface area (Å²) in [6, 6.07) is 6.28. The van der Waals surface area contributed by atoms with E-state index in [9.17, 15) is 15.3 Å². The maximum atomic E-state index is 10.0. The van der Waals surface area contributed by atoms with Gasteiger partial charge in [-0.05, 0) is 24.3 Å². The van der Waals surface area contributed by atoms with Crippen molar-refractivity contribution in [3.05, 3.63) is 40.0 Å². The van der Waals surface area contributed by atoms with Gasteiger partial charge < -0.3 is 29.5 Å². The minimum atomic E-state index is -0.612. The van der Waals surface area contributed by atoms with Crippen molar-refractivity contribution >= 4 is 17.6 Å². The predicted octanol–water partition coefficient (Wildman–Crippen LogP) is 2.77. The van der Waals surface area contributed by atoms with Gasteiger partial charge in [0.2, 0.25) is 16.3 Å². The predicted molar refractivity (Wildman–Crippen MR) is 113 cm³/mol. The van der Waals surface area contributed by atoms with E-state index in [2.05, 4.69) is 10.1 Å². The van der Waals surface area contributed by atoms with E-state index in [1.165, 1.54) is 51.0 Å². The number of hydrogen-bond acceptors (Lipinski definition) is 9. The molecule has 0 aliphatic carbocycles. The molecule has 30 heavy (non-hydrogen) atoms. The van der Waals surface area contributed by atoms with Crippen molar-refractivity contribution in [2.45, 2.75) is 0 Å². The first-order valence-electron chi connectivity index (χ1n) is 8.67. The summed E-state index contributed by atoms with van der Waals surface area (Å²) in [5.74, 6) is -0.0538. The van der Waals surface area contributed by atoms with Crippen LogP contribution in [0, 0.1) is 0 Å². The lowest BCUT2D eigenvalue weighted by atomic mass is 10.1. The number of ether oxygens (including phenoxy) is 3.